The predicted octanol–water partition coefficient (Wildman–Crippen LogP) is 1.79. The van der Waals surface area contributed by atoms with E-state index in [0.717, 1.165) is 31.7 Å². The molecule has 1 aliphatic rings. The number of methoxy groups -OCH3 is 1. The molecule has 0 atom stereocenters. The molecule has 1 saturated heterocycles. The summed E-state index contributed by atoms with van der Waals surface area (Å²) < 4.78 is 18.9. The fourth-order valence-corrected chi connectivity index (χ4v) is 2.90. The van der Waals surface area contributed by atoms with Crippen molar-refractivity contribution in [2.24, 2.45) is 4.99 Å². The number of nitrogens with one attached hydrogen (secondary N) is 1. The number of carbonyl (C=O) groups is 1. The maximum absolute atomic E-state index is 13.9. The van der Waals surface area contributed by atoms with E-state index in [-0.39, 0.29) is 48.0 Å². The monoisotopic (exact) mass is 519 g/mol. The van der Waals surface area contributed by atoms with E-state index >= 15 is 0 Å². The molecule has 2 rings (SSSR count). The Hall–Kier alpha value is -1.88. The molecule has 1 fully saturated rings. The highest BCUT2D eigenvalue weighted by Gasteiger charge is 2.20. The van der Waals surface area contributed by atoms with Gasteiger partial charge < -0.3 is 19.9 Å². The number of aliphatic imine (C=N–C) groups is 1. The average molecular weight is 519 g/mol. The topological polar surface area (TPSA) is 60.4 Å². The third-order valence-corrected chi connectivity index (χ3v) is 4.56. The van der Waals surface area contributed by atoms with Crippen LogP contribution in [0.25, 0.3) is 0 Å². The molecule has 1 N–H and O–H groups in total. The van der Waals surface area contributed by atoms with E-state index in [4.69, 9.17) is 4.74 Å². The first kappa shape index (κ1) is 25.2. The number of ether oxygens (including phenoxy) is 1. The SMILES string of the molecule is C=CCNC(=NCC(=O)N(C)C)N1CCN(Cc2ccc(OC)c(F)c2)CC1.I. The number of halogens is 2. The van der Waals surface area contributed by atoms with Crippen LogP contribution in [0.15, 0.2) is 35.8 Å². The Morgan fingerprint density at radius 2 is 2.03 bits per heavy atom. The lowest BCUT2D eigenvalue weighted by molar-refractivity contribution is -0.127. The van der Waals surface area contributed by atoms with Crippen LogP contribution in [0.2, 0.25) is 0 Å². The second kappa shape index (κ2) is 12.6. The van der Waals surface area contributed by atoms with Crippen molar-refractivity contribution in [2.75, 3.05) is 60.5 Å². The standard InChI is InChI=1S/C20H30FN5O2.HI/c1-5-8-22-20(23-14-19(27)24(2)3)26-11-9-25(10-12-26)15-16-6-7-18(28-4)17(21)13-16;/h5-7,13H,1,8-12,14-15H2,2-4H3,(H,22,23);1H. The van der Waals surface area contributed by atoms with Gasteiger partial charge in [0.15, 0.2) is 17.5 Å². The van der Waals surface area contributed by atoms with Crippen LogP contribution < -0.4 is 10.1 Å². The molecular formula is C20H31FIN5O2. The third kappa shape index (κ3) is 7.81. The van der Waals surface area contributed by atoms with Gasteiger partial charge >= 0.3 is 0 Å². The number of nitrogens with zero attached hydrogens (tertiary/aromatic N) is 4. The van der Waals surface area contributed by atoms with Crippen LogP contribution in [0.4, 0.5) is 4.39 Å². The molecule has 1 aliphatic heterocycles. The molecule has 1 amide bonds. The van der Waals surface area contributed by atoms with Crippen molar-refractivity contribution in [3.8, 4) is 5.75 Å². The highest BCUT2D eigenvalue weighted by molar-refractivity contribution is 14.0. The summed E-state index contributed by atoms with van der Waals surface area (Å²) in [6.07, 6.45) is 1.76. The summed E-state index contributed by atoms with van der Waals surface area (Å²) in [6.45, 7) is 8.29. The quantitative estimate of drug-likeness (QED) is 0.258. The number of amides is 1. The Labute approximate surface area is 189 Å². The Kier molecular flexibility index (Phi) is 11.0. The van der Waals surface area contributed by atoms with Crippen molar-refractivity contribution in [3.05, 3.63) is 42.2 Å². The molecule has 29 heavy (non-hydrogen) atoms. The van der Waals surface area contributed by atoms with Gasteiger partial charge in [0.2, 0.25) is 5.91 Å². The van der Waals surface area contributed by atoms with Crippen LogP contribution in [0.1, 0.15) is 5.56 Å². The van der Waals surface area contributed by atoms with Crippen LogP contribution >= 0.6 is 24.0 Å². The molecular weight excluding hydrogens is 488 g/mol. The minimum absolute atomic E-state index is 0. The average Bonchev–Trinajstić information content (AvgIpc) is 2.68. The van der Waals surface area contributed by atoms with Crippen molar-refractivity contribution in [2.45, 2.75) is 6.54 Å². The van der Waals surface area contributed by atoms with Crippen molar-refractivity contribution < 1.29 is 13.9 Å². The van der Waals surface area contributed by atoms with E-state index in [1.165, 1.54) is 18.1 Å². The molecule has 1 aromatic rings. The van der Waals surface area contributed by atoms with Crippen LogP contribution in [-0.4, -0.2) is 87.0 Å². The smallest absolute Gasteiger partial charge is 0.243 e. The zero-order chi connectivity index (χ0) is 20.5. The molecule has 1 heterocycles. The van der Waals surface area contributed by atoms with E-state index < -0.39 is 0 Å². The predicted molar refractivity (Wildman–Crippen MR) is 124 cm³/mol. The molecule has 0 radical (unpaired) electrons. The zero-order valence-electron chi connectivity index (χ0n) is 17.4. The van der Waals surface area contributed by atoms with Crippen molar-refractivity contribution in [3.63, 3.8) is 0 Å². The number of rotatable bonds is 7. The van der Waals surface area contributed by atoms with Gasteiger partial charge in [0.1, 0.15) is 6.54 Å². The van der Waals surface area contributed by atoms with E-state index in [0.29, 0.717) is 19.0 Å². The van der Waals surface area contributed by atoms with Crippen molar-refractivity contribution in [1.29, 1.82) is 0 Å². The molecule has 0 bridgehead atoms. The van der Waals surface area contributed by atoms with Crippen LogP contribution in [-0.2, 0) is 11.3 Å². The Bertz CT molecular complexity index is 706. The molecule has 0 aromatic heterocycles. The molecule has 0 unspecified atom stereocenters. The minimum atomic E-state index is -0.341. The summed E-state index contributed by atoms with van der Waals surface area (Å²) in [5.74, 6) is 0.588. The van der Waals surface area contributed by atoms with Gasteiger partial charge in [0.05, 0.1) is 7.11 Å². The van der Waals surface area contributed by atoms with Crippen molar-refractivity contribution in [1.82, 2.24) is 20.0 Å². The summed E-state index contributed by atoms with van der Waals surface area (Å²) in [7, 11) is 4.90. The van der Waals surface area contributed by atoms with Crippen molar-refractivity contribution >= 4 is 35.8 Å². The Morgan fingerprint density at radius 1 is 1.34 bits per heavy atom. The van der Waals surface area contributed by atoms with E-state index in [1.807, 2.05) is 6.07 Å². The lowest BCUT2D eigenvalue weighted by atomic mass is 10.2. The minimum Gasteiger partial charge on any atom is -0.494 e. The fourth-order valence-electron chi connectivity index (χ4n) is 2.90. The molecule has 162 valence electrons. The number of hydrogen-bond acceptors (Lipinski definition) is 4. The maximum Gasteiger partial charge on any atom is 0.243 e. The number of piperazine rings is 1. The second-order valence-electron chi connectivity index (χ2n) is 6.83. The van der Waals surface area contributed by atoms with Gasteiger partial charge in [-0.2, -0.15) is 0 Å². The van der Waals surface area contributed by atoms with E-state index in [2.05, 4.69) is 26.7 Å². The third-order valence-electron chi connectivity index (χ3n) is 4.56. The van der Waals surface area contributed by atoms with Crippen LogP contribution in [0.3, 0.4) is 0 Å². The number of likely N-dealkylation sites (N-methyl/N-ethyl adjacent to an activating group) is 1. The van der Waals surface area contributed by atoms with Gasteiger partial charge in [-0.05, 0) is 17.7 Å². The fraction of sp³-hybridized carbons (Fsp3) is 0.500. The molecule has 0 saturated carbocycles. The van der Waals surface area contributed by atoms with Gasteiger partial charge in [-0.3, -0.25) is 9.69 Å². The first-order valence-corrected chi connectivity index (χ1v) is 9.33. The lowest BCUT2D eigenvalue weighted by Crippen LogP contribution is -2.52. The number of guanidine groups is 1. The Balaban J connectivity index is 0.00000420. The molecule has 0 spiro atoms. The van der Waals surface area contributed by atoms with Gasteiger partial charge in [-0.15, -0.1) is 30.6 Å². The molecule has 0 aliphatic carbocycles. The normalized spacial score (nSPS) is 14.8. The largest absolute Gasteiger partial charge is 0.494 e. The summed E-state index contributed by atoms with van der Waals surface area (Å²) in [4.78, 5) is 22.2. The van der Waals surface area contributed by atoms with Crippen LogP contribution in [0, 0.1) is 5.82 Å². The first-order valence-electron chi connectivity index (χ1n) is 9.33. The summed E-state index contributed by atoms with van der Waals surface area (Å²) in [5, 5.41) is 3.22. The zero-order valence-corrected chi connectivity index (χ0v) is 19.7. The summed E-state index contributed by atoms with van der Waals surface area (Å²) in [5.41, 5.74) is 0.919. The van der Waals surface area contributed by atoms with Gasteiger partial charge in [0, 0.05) is 53.4 Å². The van der Waals surface area contributed by atoms with Crippen LogP contribution in [0.5, 0.6) is 5.75 Å². The number of benzene rings is 1. The maximum atomic E-state index is 13.9. The molecule has 7 nitrogen and oxygen atoms in total. The van der Waals surface area contributed by atoms with E-state index in [9.17, 15) is 9.18 Å². The van der Waals surface area contributed by atoms with Gasteiger partial charge in [-0.25, -0.2) is 9.38 Å². The van der Waals surface area contributed by atoms with Gasteiger partial charge in [-0.1, -0.05) is 12.1 Å². The summed E-state index contributed by atoms with van der Waals surface area (Å²) >= 11 is 0. The number of hydrogen-bond donors (Lipinski definition) is 1. The van der Waals surface area contributed by atoms with E-state index in [1.54, 1.807) is 26.2 Å². The highest BCUT2D eigenvalue weighted by Crippen LogP contribution is 2.19. The van der Waals surface area contributed by atoms with Gasteiger partial charge in [0.25, 0.3) is 0 Å². The second-order valence-corrected chi connectivity index (χ2v) is 6.83. The highest BCUT2D eigenvalue weighted by atomic mass is 127. The number of carbonyl (C=O) groups excluding carboxylic acids is 1. The summed E-state index contributed by atoms with van der Waals surface area (Å²) in [6, 6.07) is 5.07. The first-order chi connectivity index (χ1) is 13.4. The Morgan fingerprint density at radius 3 is 2.59 bits per heavy atom. The molecule has 1 aromatic carbocycles. The lowest BCUT2D eigenvalue weighted by Gasteiger charge is -2.36. The molecule has 9 heteroatoms.